The molecule has 0 radical (unpaired) electrons. The monoisotopic (exact) mass is 263 g/mol. The van der Waals surface area contributed by atoms with Crippen molar-refractivity contribution in [3.63, 3.8) is 0 Å². The van der Waals surface area contributed by atoms with Crippen LogP contribution in [-0.4, -0.2) is 14.5 Å². The van der Waals surface area contributed by atoms with Crippen molar-refractivity contribution in [3.05, 3.63) is 23.2 Å². The van der Waals surface area contributed by atoms with Crippen molar-refractivity contribution in [2.24, 2.45) is 5.41 Å². The van der Waals surface area contributed by atoms with Crippen molar-refractivity contribution in [3.8, 4) is 0 Å². The van der Waals surface area contributed by atoms with Crippen LogP contribution in [0.15, 0.2) is 18.5 Å². The predicted molar refractivity (Wildman–Crippen MR) is 78.3 cm³/mol. The Morgan fingerprint density at radius 1 is 1.28 bits per heavy atom. The fourth-order valence-electron chi connectivity index (χ4n) is 2.94. The molecule has 3 nitrogen and oxygen atoms in total. The van der Waals surface area contributed by atoms with Crippen LogP contribution < -0.4 is 0 Å². The minimum absolute atomic E-state index is 0.0189. The molecule has 0 unspecified atom stereocenters. The molecule has 0 aromatic carbocycles. The lowest BCUT2D eigenvalue weighted by Gasteiger charge is -2.34. The Labute approximate surface area is 113 Å². The molecule has 1 N–H and O–H groups in total. The summed E-state index contributed by atoms with van der Waals surface area (Å²) in [5.41, 5.74) is 2.37. The van der Waals surface area contributed by atoms with Crippen molar-refractivity contribution in [1.29, 1.82) is 0 Å². The minimum Gasteiger partial charge on any atom is -0.329 e. The zero-order chi connectivity index (χ0) is 13.6. The SMILES string of the molecule is CC(C)(C)CC(C)(C)n1c(=S)[nH]c2cnccc21. The number of imidazole rings is 1. The Hall–Kier alpha value is -1.16. The molecule has 18 heavy (non-hydrogen) atoms. The van der Waals surface area contributed by atoms with E-state index in [1.54, 1.807) is 0 Å². The maximum absolute atomic E-state index is 5.47. The molecular weight excluding hydrogens is 242 g/mol. The number of hydrogen-bond acceptors (Lipinski definition) is 2. The molecule has 0 aliphatic carbocycles. The summed E-state index contributed by atoms with van der Waals surface area (Å²) < 4.78 is 2.98. The van der Waals surface area contributed by atoms with E-state index < -0.39 is 0 Å². The molecule has 2 aromatic rings. The van der Waals surface area contributed by atoms with Gasteiger partial charge in [0.1, 0.15) is 0 Å². The molecule has 0 saturated carbocycles. The van der Waals surface area contributed by atoms with Crippen LogP contribution in [0.2, 0.25) is 0 Å². The average molecular weight is 263 g/mol. The molecule has 0 spiro atoms. The second kappa shape index (κ2) is 4.19. The summed E-state index contributed by atoms with van der Waals surface area (Å²) in [7, 11) is 0. The number of nitrogens with zero attached hydrogens (tertiary/aromatic N) is 2. The van der Waals surface area contributed by atoms with Gasteiger partial charge in [0.05, 0.1) is 17.2 Å². The zero-order valence-corrected chi connectivity index (χ0v) is 12.6. The Morgan fingerprint density at radius 2 is 1.94 bits per heavy atom. The summed E-state index contributed by atoms with van der Waals surface area (Å²) in [6.07, 6.45) is 4.70. The van der Waals surface area contributed by atoms with Gasteiger partial charge in [0.15, 0.2) is 4.77 Å². The van der Waals surface area contributed by atoms with Gasteiger partial charge in [-0.1, -0.05) is 20.8 Å². The fraction of sp³-hybridized carbons (Fsp3) is 0.571. The van der Waals surface area contributed by atoms with Gasteiger partial charge in [-0.05, 0) is 44.0 Å². The molecule has 2 heterocycles. The van der Waals surface area contributed by atoms with Crippen molar-refractivity contribution in [2.75, 3.05) is 0 Å². The van der Waals surface area contributed by atoms with Gasteiger partial charge in [-0.3, -0.25) is 4.98 Å². The summed E-state index contributed by atoms with van der Waals surface area (Å²) >= 11 is 5.47. The van der Waals surface area contributed by atoms with Crippen molar-refractivity contribution in [2.45, 2.75) is 46.6 Å². The van der Waals surface area contributed by atoms with Crippen LogP contribution >= 0.6 is 12.2 Å². The third kappa shape index (κ3) is 2.48. The molecule has 0 saturated heterocycles. The van der Waals surface area contributed by atoms with Crippen LogP contribution in [0.1, 0.15) is 41.0 Å². The number of aromatic amines is 1. The third-order valence-electron chi connectivity index (χ3n) is 3.05. The van der Waals surface area contributed by atoms with Gasteiger partial charge in [-0.25, -0.2) is 0 Å². The number of pyridine rings is 1. The maximum Gasteiger partial charge on any atom is 0.178 e. The summed E-state index contributed by atoms with van der Waals surface area (Å²) in [4.78, 5) is 7.37. The molecule has 0 aliphatic rings. The highest BCUT2D eigenvalue weighted by atomic mass is 32.1. The second-order valence-electron chi connectivity index (χ2n) is 6.71. The number of nitrogens with one attached hydrogen (secondary N) is 1. The highest BCUT2D eigenvalue weighted by Gasteiger charge is 2.29. The van der Waals surface area contributed by atoms with Crippen LogP contribution in [0.4, 0.5) is 0 Å². The van der Waals surface area contributed by atoms with E-state index >= 15 is 0 Å². The van der Waals surface area contributed by atoms with Crippen molar-refractivity contribution >= 4 is 23.3 Å². The van der Waals surface area contributed by atoms with Crippen LogP contribution in [0.25, 0.3) is 11.0 Å². The van der Waals surface area contributed by atoms with Gasteiger partial charge in [0.25, 0.3) is 0 Å². The molecule has 98 valence electrons. The lowest BCUT2D eigenvalue weighted by atomic mass is 9.81. The summed E-state index contributed by atoms with van der Waals surface area (Å²) in [5, 5.41) is 0. The number of hydrogen-bond donors (Lipinski definition) is 1. The third-order valence-corrected chi connectivity index (χ3v) is 3.34. The van der Waals surface area contributed by atoms with E-state index in [9.17, 15) is 0 Å². The molecule has 0 atom stereocenters. The Bertz CT molecular complexity index is 614. The smallest absolute Gasteiger partial charge is 0.178 e. The molecule has 2 aromatic heterocycles. The highest BCUT2D eigenvalue weighted by molar-refractivity contribution is 7.71. The van der Waals surface area contributed by atoms with E-state index in [1.165, 1.54) is 0 Å². The number of fused-ring (bicyclic) bond motifs is 1. The molecule has 0 amide bonds. The van der Waals surface area contributed by atoms with Gasteiger partial charge < -0.3 is 9.55 Å². The van der Waals surface area contributed by atoms with Gasteiger partial charge in [0, 0.05) is 11.7 Å². The molecule has 0 bridgehead atoms. The standard InChI is InChI=1S/C14H21N3S/c1-13(2,3)9-14(4,5)17-11-6-7-15-8-10(11)16-12(17)18/h6-8H,9H2,1-5H3,(H,16,18). The van der Waals surface area contributed by atoms with Gasteiger partial charge >= 0.3 is 0 Å². The number of H-pyrrole nitrogens is 1. The van der Waals surface area contributed by atoms with E-state index in [0.29, 0.717) is 0 Å². The molecule has 2 rings (SSSR count). The lowest BCUT2D eigenvalue weighted by molar-refractivity contribution is 0.217. The summed E-state index contributed by atoms with van der Waals surface area (Å²) in [6, 6.07) is 2.02. The van der Waals surface area contributed by atoms with Gasteiger partial charge in [-0.2, -0.15) is 0 Å². The van der Waals surface area contributed by atoms with Crippen LogP contribution in [0.5, 0.6) is 0 Å². The summed E-state index contributed by atoms with van der Waals surface area (Å²) in [6.45, 7) is 11.3. The van der Waals surface area contributed by atoms with E-state index in [4.69, 9.17) is 12.2 Å². The predicted octanol–water partition coefficient (Wildman–Crippen LogP) is 4.27. The molecular formula is C14H21N3S. The van der Waals surface area contributed by atoms with Crippen LogP contribution in [0, 0.1) is 10.2 Å². The highest BCUT2D eigenvalue weighted by Crippen LogP contribution is 2.34. The number of rotatable bonds is 2. The van der Waals surface area contributed by atoms with Crippen molar-refractivity contribution in [1.82, 2.24) is 14.5 Å². The minimum atomic E-state index is -0.0189. The van der Waals surface area contributed by atoms with E-state index in [-0.39, 0.29) is 11.0 Å². The number of aromatic nitrogens is 3. The Morgan fingerprint density at radius 3 is 2.56 bits per heavy atom. The second-order valence-corrected chi connectivity index (χ2v) is 7.09. The quantitative estimate of drug-likeness (QED) is 0.821. The Kier molecular flexibility index (Phi) is 3.09. The first-order valence-corrected chi connectivity index (χ1v) is 6.67. The molecule has 0 aliphatic heterocycles. The first kappa shape index (κ1) is 13.3. The van der Waals surface area contributed by atoms with Gasteiger partial charge in [-0.15, -0.1) is 0 Å². The molecule has 4 heteroatoms. The van der Waals surface area contributed by atoms with E-state index in [1.807, 2.05) is 18.5 Å². The van der Waals surface area contributed by atoms with Crippen LogP contribution in [-0.2, 0) is 5.54 Å². The maximum atomic E-state index is 5.47. The van der Waals surface area contributed by atoms with Crippen LogP contribution in [0.3, 0.4) is 0 Å². The Balaban J connectivity index is 2.60. The molecule has 0 fully saturated rings. The first-order valence-electron chi connectivity index (χ1n) is 6.26. The fourth-order valence-corrected chi connectivity index (χ4v) is 3.39. The topological polar surface area (TPSA) is 33.6 Å². The lowest BCUT2D eigenvalue weighted by Crippen LogP contribution is -2.31. The normalized spacial score (nSPS) is 13.2. The van der Waals surface area contributed by atoms with Gasteiger partial charge in [0.2, 0.25) is 0 Å². The largest absolute Gasteiger partial charge is 0.329 e. The average Bonchev–Trinajstić information content (AvgIpc) is 2.49. The zero-order valence-electron chi connectivity index (χ0n) is 11.7. The first-order chi connectivity index (χ1) is 8.21. The van der Waals surface area contributed by atoms with E-state index in [0.717, 1.165) is 22.2 Å². The summed E-state index contributed by atoms with van der Waals surface area (Å²) in [5.74, 6) is 0. The van der Waals surface area contributed by atoms with E-state index in [2.05, 4.69) is 49.2 Å². The van der Waals surface area contributed by atoms with Crippen molar-refractivity contribution < 1.29 is 0 Å².